The maximum Gasteiger partial charge on any atom is 0.306 e. The molecule has 0 aromatic carbocycles. The number of unbranched alkanes of at least 4 members (excludes halogenated alkanes) is 29. The Balaban J connectivity index is 4.23. The Kier molecular flexibility index (Phi) is 49.4. The van der Waals surface area contributed by atoms with Crippen LogP contribution in [0.1, 0.15) is 265 Å². The molecule has 0 spiro atoms. The Morgan fingerprint density at radius 2 is 0.733 bits per heavy atom. The summed E-state index contributed by atoms with van der Waals surface area (Å²) >= 11 is 0. The van der Waals surface area contributed by atoms with Gasteiger partial charge in [0.1, 0.15) is 6.61 Å². The van der Waals surface area contributed by atoms with Gasteiger partial charge in [0.05, 0.1) is 6.61 Å². The molecule has 0 N–H and O–H groups in total. The minimum Gasteiger partial charge on any atom is -0.462 e. The highest BCUT2D eigenvalue weighted by molar-refractivity contribution is 5.70. The van der Waals surface area contributed by atoms with Crippen LogP contribution in [0.25, 0.3) is 0 Å². The first-order valence-electron chi connectivity index (χ1n) is 26.2. The van der Waals surface area contributed by atoms with Crippen molar-refractivity contribution in [1.29, 1.82) is 0 Å². The van der Waals surface area contributed by atoms with E-state index in [4.69, 9.17) is 14.2 Å². The molecule has 0 bridgehead atoms. The van der Waals surface area contributed by atoms with Gasteiger partial charge < -0.3 is 14.2 Å². The molecule has 0 fully saturated rings. The summed E-state index contributed by atoms with van der Waals surface area (Å²) in [5.41, 5.74) is 0. The molecule has 0 aliphatic heterocycles. The molecule has 0 saturated carbocycles. The first-order valence-corrected chi connectivity index (χ1v) is 26.2. The smallest absolute Gasteiger partial charge is 0.306 e. The van der Waals surface area contributed by atoms with Gasteiger partial charge in [-0.1, -0.05) is 249 Å². The van der Waals surface area contributed by atoms with E-state index in [1.807, 2.05) is 0 Å². The third-order valence-corrected chi connectivity index (χ3v) is 11.4. The number of hydrogen-bond acceptors (Lipinski definition) is 5. The fourth-order valence-corrected chi connectivity index (χ4v) is 7.52. The topological polar surface area (TPSA) is 61.8 Å². The lowest BCUT2D eigenvalue weighted by Crippen LogP contribution is -2.30. The first kappa shape index (κ1) is 57.9. The van der Waals surface area contributed by atoms with Crippen molar-refractivity contribution in [3.05, 3.63) is 48.6 Å². The standard InChI is InChI=1S/C55H100O5/c1-4-7-10-13-16-19-22-24-26-27-28-29-30-31-34-36-39-42-45-48-54(56)59-52-53(60-55(57)49-46-43-40-37-33-21-18-15-12-9-6-3)51-58-50-47-44-41-38-35-32-25-23-20-17-14-11-8-5-2/h8,11,17,20,25,32,38,41,53H,4-7,9-10,12-16,18-19,21-24,26-31,33-37,39-40,42-52H2,1-3H3/b11-8-,20-17-,32-25-,41-38-. The summed E-state index contributed by atoms with van der Waals surface area (Å²) < 4.78 is 17.3. The van der Waals surface area contributed by atoms with Gasteiger partial charge in [-0.05, 0) is 51.4 Å². The summed E-state index contributed by atoms with van der Waals surface area (Å²) in [6.07, 6.45) is 62.8. The van der Waals surface area contributed by atoms with Gasteiger partial charge in [-0.25, -0.2) is 0 Å². The Morgan fingerprint density at radius 3 is 1.13 bits per heavy atom. The normalized spacial score (nSPS) is 12.5. The van der Waals surface area contributed by atoms with Crippen molar-refractivity contribution in [2.45, 2.75) is 271 Å². The molecular weight excluding hydrogens is 741 g/mol. The van der Waals surface area contributed by atoms with Gasteiger partial charge in [-0.2, -0.15) is 0 Å². The quantitative estimate of drug-likeness (QED) is 0.0347. The van der Waals surface area contributed by atoms with E-state index in [0.29, 0.717) is 19.4 Å². The van der Waals surface area contributed by atoms with E-state index in [9.17, 15) is 9.59 Å². The van der Waals surface area contributed by atoms with Crippen LogP contribution < -0.4 is 0 Å². The summed E-state index contributed by atoms with van der Waals surface area (Å²) in [4.78, 5) is 25.4. The molecule has 60 heavy (non-hydrogen) atoms. The lowest BCUT2D eigenvalue weighted by atomic mass is 10.0. The molecule has 1 unspecified atom stereocenters. The van der Waals surface area contributed by atoms with Crippen LogP contribution >= 0.6 is 0 Å². The molecule has 1 atom stereocenters. The van der Waals surface area contributed by atoms with Gasteiger partial charge in [0, 0.05) is 19.4 Å². The van der Waals surface area contributed by atoms with Crippen molar-refractivity contribution in [1.82, 2.24) is 0 Å². The molecule has 0 radical (unpaired) electrons. The molecule has 0 aliphatic rings. The van der Waals surface area contributed by atoms with Gasteiger partial charge >= 0.3 is 11.9 Å². The molecule has 0 aromatic rings. The van der Waals surface area contributed by atoms with Crippen molar-refractivity contribution < 1.29 is 23.8 Å². The summed E-state index contributed by atoms with van der Waals surface area (Å²) in [6.45, 7) is 7.61. The van der Waals surface area contributed by atoms with Gasteiger partial charge in [0.25, 0.3) is 0 Å². The zero-order valence-electron chi connectivity index (χ0n) is 40.2. The van der Waals surface area contributed by atoms with E-state index in [1.165, 1.54) is 167 Å². The largest absolute Gasteiger partial charge is 0.462 e. The average Bonchev–Trinajstić information content (AvgIpc) is 3.25. The molecule has 0 aromatic heterocycles. The number of carbonyl (C=O) groups is 2. The van der Waals surface area contributed by atoms with E-state index in [-0.39, 0.29) is 25.2 Å². The lowest BCUT2D eigenvalue weighted by Gasteiger charge is -2.18. The van der Waals surface area contributed by atoms with Crippen LogP contribution in [0.15, 0.2) is 48.6 Å². The third kappa shape index (κ3) is 48.5. The molecule has 0 rings (SSSR count). The predicted octanol–water partition coefficient (Wildman–Crippen LogP) is 17.6. The van der Waals surface area contributed by atoms with Gasteiger partial charge in [0.2, 0.25) is 0 Å². The van der Waals surface area contributed by atoms with Crippen LogP contribution in [0.2, 0.25) is 0 Å². The second-order valence-electron chi connectivity index (χ2n) is 17.4. The molecule has 0 heterocycles. The van der Waals surface area contributed by atoms with Crippen LogP contribution in [0.4, 0.5) is 0 Å². The zero-order chi connectivity index (χ0) is 43.5. The van der Waals surface area contributed by atoms with Crippen LogP contribution in [0.5, 0.6) is 0 Å². The number of esters is 2. The third-order valence-electron chi connectivity index (χ3n) is 11.4. The summed E-state index contributed by atoms with van der Waals surface area (Å²) in [5, 5.41) is 0. The maximum atomic E-state index is 12.8. The monoisotopic (exact) mass is 841 g/mol. The molecule has 0 saturated heterocycles. The van der Waals surface area contributed by atoms with E-state index in [0.717, 1.165) is 64.2 Å². The predicted molar refractivity (Wildman–Crippen MR) is 261 cm³/mol. The first-order chi connectivity index (χ1) is 29.6. The van der Waals surface area contributed by atoms with Crippen LogP contribution in [0, 0.1) is 0 Å². The number of rotatable bonds is 48. The van der Waals surface area contributed by atoms with Gasteiger partial charge in [0.15, 0.2) is 6.10 Å². The molecule has 350 valence electrons. The number of hydrogen-bond donors (Lipinski definition) is 0. The van der Waals surface area contributed by atoms with E-state index >= 15 is 0 Å². The van der Waals surface area contributed by atoms with Crippen molar-refractivity contribution in [3.8, 4) is 0 Å². The average molecular weight is 841 g/mol. The highest BCUT2D eigenvalue weighted by Crippen LogP contribution is 2.16. The molecule has 0 amide bonds. The van der Waals surface area contributed by atoms with Crippen molar-refractivity contribution >= 4 is 11.9 Å². The molecular formula is C55H100O5. The second-order valence-corrected chi connectivity index (χ2v) is 17.4. The minimum atomic E-state index is -0.559. The number of carbonyl (C=O) groups excluding carboxylic acids is 2. The van der Waals surface area contributed by atoms with Crippen LogP contribution in [-0.2, 0) is 23.8 Å². The van der Waals surface area contributed by atoms with E-state index in [2.05, 4.69) is 69.4 Å². The highest BCUT2D eigenvalue weighted by Gasteiger charge is 2.17. The van der Waals surface area contributed by atoms with Crippen molar-refractivity contribution in [2.75, 3.05) is 19.8 Å². The molecule has 5 heteroatoms. The Hall–Kier alpha value is -2.14. The Bertz CT molecular complexity index is 997. The van der Waals surface area contributed by atoms with Gasteiger partial charge in [-0.3, -0.25) is 9.59 Å². The van der Waals surface area contributed by atoms with Crippen LogP contribution in [0.3, 0.4) is 0 Å². The summed E-state index contributed by atoms with van der Waals surface area (Å²) in [6, 6.07) is 0. The van der Waals surface area contributed by atoms with Gasteiger partial charge in [-0.15, -0.1) is 0 Å². The zero-order valence-corrected chi connectivity index (χ0v) is 40.2. The number of ether oxygens (including phenoxy) is 3. The second kappa shape index (κ2) is 51.2. The van der Waals surface area contributed by atoms with Crippen molar-refractivity contribution in [3.63, 3.8) is 0 Å². The minimum absolute atomic E-state index is 0.0683. The lowest BCUT2D eigenvalue weighted by molar-refractivity contribution is -0.163. The molecule has 5 nitrogen and oxygen atoms in total. The fourth-order valence-electron chi connectivity index (χ4n) is 7.52. The Labute approximate surface area is 373 Å². The highest BCUT2D eigenvalue weighted by atomic mass is 16.6. The van der Waals surface area contributed by atoms with Crippen LogP contribution in [-0.4, -0.2) is 37.9 Å². The summed E-state index contributed by atoms with van der Waals surface area (Å²) in [7, 11) is 0. The number of allylic oxidation sites excluding steroid dienone is 8. The Morgan fingerprint density at radius 1 is 0.383 bits per heavy atom. The van der Waals surface area contributed by atoms with E-state index < -0.39 is 6.10 Å². The fraction of sp³-hybridized carbons (Fsp3) is 0.818. The molecule has 0 aliphatic carbocycles. The maximum absolute atomic E-state index is 12.8. The summed E-state index contributed by atoms with van der Waals surface area (Å²) in [5.74, 6) is -0.415. The van der Waals surface area contributed by atoms with Crippen molar-refractivity contribution in [2.24, 2.45) is 0 Å². The SMILES string of the molecule is CC/C=C\C/C=C\C/C=C\C/C=C\CCCOCC(COC(=O)CCCCCCCCCCCCCCCCCCCCC)OC(=O)CCCCCCCCCCCCC. The van der Waals surface area contributed by atoms with E-state index in [1.54, 1.807) is 0 Å².